The predicted octanol–water partition coefficient (Wildman–Crippen LogP) is 4.69. The van der Waals surface area contributed by atoms with Crippen molar-refractivity contribution in [1.82, 2.24) is 0 Å². The second kappa shape index (κ2) is 7.95. The molecule has 0 radical (unpaired) electrons. The summed E-state index contributed by atoms with van der Waals surface area (Å²) in [6.07, 6.45) is 6.08. The average Bonchev–Trinajstić information content (AvgIpc) is 2.36. The molecule has 0 bridgehead atoms. The molecular weight excluding hydrogens is 258 g/mol. The fourth-order valence-electron chi connectivity index (χ4n) is 1.91. The van der Waals surface area contributed by atoms with Crippen LogP contribution in [0.5, 0.6) is 0 Å². The molecule has 0 unspecified atom stereocenters. The quantitative estimate of drug-likeness (QED) is 0.749. The number of hydrogen-bond acceptors (Lipinski definition) is 1. The van der Waals surface area contributed by atoms with Crippen molar-refractivity contribution < 1.29 is 13.9 Å². The molecule has 0 fully saturated rings. The van der Waals surface area contributed by atoms with Gasteiger partial charge in [-0.05, 0) is 57.7 Å². The summed E-state index contributed by atoms with van der Waals surface area (Å²) >= 11 is 0. The zero-order valence-electron chi connectivity index (χ0n) is 12.3. The number of halogens is 2. The van der Waals surface area contributed by atoms with Crippen molar-refractivity contribution in [1.29, 1.82) is 0 Å². The van der Waals surface area contributed by atoms with Crippen LogP contribution >= 0.6 is 0 Å². The summed E-state index contributed by atoms with van der Waals surface area (Å²) in [6, 6.07) is 2.37. The van der Waals surface area contributed by atoms with Crippen molar-refractivity contribution in [3.05, 3.63) is 58.2 Å². The minimum Gasteiger partial charge on any atom is -0.392 e. The van der Waals surface area contributed by atoms with Crippen molar-refractivity contribution >= 4 is 0 Å². The van der Waals surface area contributed by atoms with Gasteiger partial charge in [-0.1, -0.05) is 23.3 Å². The molecule has 1 N–H and O–H groups in total. The van der Waals surface area contributed by atoms with Crippen LogP contribution in [0.15, 0.2) is 35.4 Å². The van der Waals surface area contributed by atoms with E-state index < -0.39 is 11.6 Å². The van der Waals surface area contributed by atoms with Gasteiger partial charge >= 0.3 is 0 Å². The lowest BCUT2D eigenvalue weighted by molar-refractivity contribution is 0.280. The summed E-state index contributed by atoms with van der Waals surface area (Å²) in [7, 11) is 0. The summed E-state index contributed by atoms with van der Waals surface area (Å²) in [5.41, 5.74) is 2.71. The molecule has 0 heterocycles. The average molecular weight is 280 g/mol. The first-order valence-corrected chi connectivity index (χ1v) is 6.80. The number of aliphatic hydroxyl groups excluding tert-OH is 1. The SMILES string of the molecule is CC(C)=CCCC(C)=CCc1c(F)cc(CO)cc1F. The van der Waals surface area contributed by atoms with Gasteiger partial charge in [0, 0.05) is 5.56 Å². The number of hydrogen-bond donors (Lipinski definition) is 1. The lowest BCUT2D eigenvalue weighted by Gasteiger charge is -2.06. The van der Waals surface area contributed by atoms with Gasteiger partial charge in [0.15, 0.2) is 0 Å². The highest BCUT2D eigenvalue weighted by atomic mass is 19.1. The van der Waals surface area contributed by atoms with Crippen LogP contribution < -0.4 is 0 Å². The van der Waals surface area contributed by atoms with Crippen molar-refractivity contribution in [3.8, 4) is 0 Å². The third-order valence-electron chi connectivity index (χ3n) is 3.13. The van der Waals surface area contributed by atoms with Crippen LogP contribution in [-0.2, 0) is 13.0 Å². The van der Waals surface area contributed by atoms with Gasteiger partial charge in [0.05, 0.1) is 6.61 Å². The van der Waals surface area contributed by atoms with Gasteiger partial charge in [-0.15, -0.1) is 0 Å². The van der Waals surface area contributed by atoms with Crippen LogP contribution in [0.2, 0.25) is 0 Å². The van der Waals surface area contributed by atoms with Gasteiger partial charge in [-0.3, -0.25) is 0 Å². The largest absolute Gasteiger partial charge is 0.392 e. The highest BCUT2D eigenvalue weighted by Gasteiger charge is 2.09. The highest BCUT2D eigenvalue weighted by molar-refractivity contribution is 5.28. The fraction of sp³-hybridized carbons (Fsp3) is 0.412. The molecule has 3 heteroatoms. The molecule has 0 aliphatic heterocycles. The maximum absolute atomic E-state index is 13.7. The van der Waals surface area contributed by atoms with Gasteiger partial charge in [-0.2, -0.15) is 0 Å². The van der Waals surface area contributed by atoms with E-state index >= 15 is 0 Å². The van der Waals surface area contributed by atoms with Gasteiger partial charge in [0.25, 0.3) is 0 Å². The zero-order chi connectivity index (χ0) is 15.1. The van der Waals surface area contributed by atoms with Gasteiger partial charge in [0.2, 0.25) is 0 Å². The van der Waals surface area contributed by atoms with Crippen LogP contribution in [0.1, 0.15) is 44.7 Å². The molecule has 0 saturated heterocycles. The molecule has 0 amide bonds. The number of rotatable bonds is 6. The molecule has 1 aromatic carbocycles. The Morgan fingerprint density at radius 1 is 1.10 bits per heavy atom. The first-order chi connectivity index (χ1) is 9.43. The summed E-state index contributed by atoms with van der Waals surface area (Å²) < 4.78 is 27.4. The smallest absolute Gasteiger partial charge is 0.129 e. The van der Waals surface area contributed by atoms with E-state index in [-0.39, 0.29) is 24.2 Å². The van der Waals surface area contributed by atoms with E-state index in [0.29, 0.717) is 0 Å². The Balaban J connectivity index is 2.71. The van der Waals surface area contributed by atoms with E-state index in [1.807, 2.05) is 26.8 Å². The van der Waals surface area contributed by atoms with Gasteiger partial charge in [-0.25, -0.2) is 8.78 Å². The van der Waals surface area contributed by atoms with Crippen LogP contribution in [0.3, 0.4) is 0 Å². The second-order valence-electron chi connectivity index (χ2n) is 5.27. The molecule has 0 atom stereocenters. The Morgan fingerprint density at radius 2 is 1.70 bits per heavy atom. The molecule has 1 nitrogen and oxygen atoms in total. The number of benzene rings is 1. The Labute approximate surface area is 119 Å². The Morgan fingerprint density at radius 3 is 2.20 bits per heavy atom. The normalized spacial score (nSPS) is 11.6. The number of allylic oxidation sites excluding steroid dienone is 4. The monoisotopic (exact) mass is 280 g/mol. The van der Waals surface area contributed by atoms with E-state index in [2.05, 4.69) is 6.08 Å². The third kappa shape index (κ3) is 5.25. The van der Waals surface area contributed by atoms with Crippen LogP contribution in [0.4, 0.5) is 8.78 Å². The predicted molar refractivity (Wildman–Crippen MR) is 78.4 cm³/mol. The van der Waals surface area contributed by atoms with Crippen molar-refractivity contribution in [2.75, 3.05) is 0 Å². The van der Waals surface area contributed by atoms with E-state index in [4.69, 9.17) is 5.11 Å². The molecule has 110 valence electrons. The van der Waals surface area contributed by atoms with E-state index in [0.717, 1.165) is 18.4 Å². The maximum Gasteiger partial charge on any atom is 0.129 e. The first kappa shape index (κ1) is 16.6. The van der Waals surface area contributed by atoms with Crippen LogP contribution in [0.25, 0.3) is 0 Å². The second-order valence-corrected chi connectivity index (χ2v) is 5.27. The van der Waals surface area contributed by atoms with E-state index in [1.165, 1.54) is 17.7 Å². The standard InChI is InChI=1S/C17H22F2O/c1-12(2)5-4-6-13(3)7-8-15-16(18)9-14(11-20)10-17(15)19/h5,7,9-10,20H,4,6,8,11H2,1-3H3. The first-order valence-electron chi connectivity index (χ1n) is 6.80. The zero-order valence-corrected chi connectivity index (χ0v) is 12.3. The molecule has 0 aliphatic carbocycles. The minimum atomic E-state index is -0.595. The summed E-state index contributed by atoms with van der Waals surface area (Å²) in [6.45, 7) is 5.71. The fourth-order valence-corrected chi connectivity index (χ4v) is 1.91. The molecule has 0 aromatic heterocycles. The Bertz CT molecular complexity index is 489. The highest BCUT2D eigenvalue weighted by Crippen LogP contribution is 2.18. The number of aliphatic hydroxyl groups is 1. The maximum atomic E-state index is 13.7. The molecule has 0 saturated carbocycles. The molecule has 1 rings (SSSR count). The molecule has 0 aliphatic rings. The van der Waals surface area contributed by atoms with Crippen molar-refractivity contribution in [3.63, 3.8) is 0 Å². The molecule has 20 heavy (non-hydrogen) atoms. The van der Waals surface area contributed by atoms with Gasteiger partial charge in [0.1, 0.15) is 11.6 Å². The molecular formula is C17H22F2O. The molecule has 1 aromatic rings. The Kier molecular flexibility index (Phi) is 6.59. The van der Waals surface area contributed by atoms with Crippen molar-refractivity contribution in [2.45, 2.75) is 46.6 Å². The minimum absolute atomic E-state index is 0.0590. The van der Waals surface area contributed by atoms with E-state index in [1.54, 1.807) is 0 Å². The topological polar surface area (TPSA) is 20.2 Å². The molecule has 0 spiro atoms. The van der Waals surface area contributed by atoms with Crippen LogP contribution in [0, 0.1) is 11.6 Å². The lowest BCUT2D eigenvalue weighted by Crippen LogP contribution is -1.98. The summed E-state index contributed by atoms with van der Waals surface area (Å²) in [4.78, 5) is 0. The van der Waals surface area contributed by atoms with Gasteiger partial charge < -0.3 is 5.11 Å². The van der Waals surface area contributed by atoms with Crippen molar-refractivity contribution in [2.24, 2.45) is 0 Å². The lowest BCUT2D eigenvalue weighted by atomic mass is 10.0. The third-order valence-corrected chi connectivity index (χ3v) is 3.13. The Hall–Kier alpha value is -1.48. The van der Waals surface area contributed by atoms with Crippen LogP contribution in [-0.4, -0.2) is 5.11 Å². The summed E-state index contributed by atoms with van der Waals surface area (Å²) in [5.74, 6) is -1.19. The summed E-state index contributed by atoms with van der Waals surface area (Å²) in [5, 5.41) is 8.89. The van der Waals surface area contributed by atoms with E-state index in [9.17, 15) is 8.78 Å².